The largest absolute Gasteiger partial charge is 0.395 e. The first kappa shape index (κ1) is 20.6. The minimum absolute atomic E-state index is 0.102. The summed E-state index contributed by atoms with van der Waals surface area (Å²) in [5.74, 6) is -0.402. The number of carbonyl (C=O) groups is 2. The molecule has 0 radical (unpaired) electrons. The molecule has 0 spiro atoms. The summed E-state index contributed by atoms with van der Waals surface area (Å²) in [6, 6.07) is 0. The average molecular weight is 314 g/mol. The highest BCUT2D eigenvalue weighted by molar-refractivity contribution is 5.87. The number of nitrogens with zero attached hydrogens (tertiary/aromatic N) is 1. The number of amides is 2. The van der Waals surface area contributed by atoms with Crippen molar-refractivity contribution in [3.05, 3.63) is 12.2 Å². The molecule has 0 aliphatic carbocycles. The molecule has 0 aliphatic rings. The maximum absolute atomic E-state index is 11.8. The molecule has 0 aliphatic heterocycles. The van der Waals surface area contributed by atoms with Crippen molar-refractivity contribution in [3.8, 4) is 0 Å². The number of unbranched alkanes of at least 4 members (excludes halogenated alkanes) is 6. The number of rotatable bonds is 14. The third-order valence-corrected chi connectivity index (χ3v) is 3.36. The maximum Gasteiger partial charge on any atom is 0.246 e. The Morgan fingerprint density at radius 3 is 2.00 bits per heavy atom. The summed E-state index contributed by atoms with van der Waals surface area (Å²) < 4.78 is 0. The molecule has 0 saturated carbocycles. The van der Waals surface area contributed by atoms with Crippen LogP contribution in [0.25, 0.3) is 0 Å². The Morgan fingerprint density at radius 1 is 0.909 bits per heavy atom. The van der Waals surface area contributed by atoms with Crippen LogP contribution in [0.4, 0.5) is 0 Å². The molecule has 0 rings (SSSR count). The smallest absolute Gasteiger partial charge is 0.246 e. The van der Waals surface area contributed by atoms with E-state index in [0.29, 0.717) is 6.42 Å². The fraction of sp³-hybridized carbons (Fsp3) is 0.750. The van der Waals surface area contributed by atoms with Gasteiger partial charge in [-0.25, -0.2) is 0 Å². The third kappa shape index (κ3) is 12.3. The van der Waals surface area contributed by atoms with Crippen LogP contribution >= 0.6 is 0 Å². The molecule has 0 saturated heterocycles. The number of primary amides is 1. The van der Waals surface area contributed by atoms with Gasteiger partial charge in [-0.1, -0.05) is 31.8 Å². The lowest BCUT2D eigenvalue weighted by atomic mass is 10.1. The number of aliphatic hydroxyl groups is 2. The third-order valence-electron chi connectivity index (χ3n) is 3.36. The van der Waals surface area contributed by atoms with E-state index in [-0.39, 0.29) is 38.1 Å². The van der Waals surface area contributed by atoms with Crippen molar-refractivity contribution in [2.24, 2.45) is 5.73 Å². The average Bonchev–Trinajstić information content (AvgIpc) is 2.48. The van der Waals surface area contributed by atoms with Gasteiger partial charge in [0.25, 0.3) is 0 Å². The molecule has 0 atom stereocenters. The van der Waals surface area contributed by atoms with E-state index in [0.717, 1.165) is 44.9 Å². The fourth-order valence-electron chi connectivity index (χ4n) is 2.13. The van der Waals surface area contributed by atoms with E-state index in [1.54, 1.807) is 0 Å². The Labute approximate surface area is 133 Å². The van der Waals surface area contributed by atoms with Gasteiger partial charge in [0.15, 0.2) is 0 Å². The molecule has 2 amide bonds. The Morgan fingerprint density at radius 2 is 1.45 bits per heavy atom. The lowest BCUT2D eigenvalue weighted by Gasteiger charge is -2.18. The SMILES string of the molecule is NC(=O)CCCCCCCCC=CC(=O)N(CCO)CCO. The predicted molar refractivity (Wildman–Crippen MR) is 86.0 cm³/mol. The molecule has 0 aromatic carbocycles. The molecule has 0 aromatic rings. The molecule has 0 heterocycles. The van der Waals surface area contributed by atoms with Crippen molar-refractivity contribution in [1.29, 1.82) is 0 Å². The molecular formula is C16H30N2O4. The lowest BCUT2D eigenvalue weighted by molar-refractivity contribution is -0.127. The predicted octanol–water partition coefficient (Wildman–Crippen LogP) is 0.962. The lowest BCUT2D eigenvalue weighted by Crippen LogP contribution is -2.34. The zero-order valence-corrected chi connectivity index (χ0v) is 13.4. The van der Waals surface area contributed by atoms with Gasteiger partial charge >= 0.3 is 0 Å². The van der Waals surface area contributed by atoms with Crippen LogP contribution in [0.5, 0.6) is 0 Å². The Bertz CT molecular complexity index is 326. The molecule has 6 nitrogen and oxygen atoms in total. The molecule has 0 bridgehead atoms. The number of hydrogen-bond donors (Lipinski definition) is 3. The van der Waals surface area contributed by atoms with Gasteiger partial charge < -0.3 is 20.8 Å². The van der Waals surface area contributed by atoms with Gasteiger partial charge in [0.1, 0.15) is 0 Å². The zero-order valence-electron chi connectivity index (χ0n) is 13.4. The van der Waals surface area contributed by atoms with Gasteiger partial charge in [-0.2, -0.15) is 0 Å². The zero-order chi connectivity index (χ0) is 16.6. The standard InChI is InChI=1S/C16H30N2O4/c17-15(21)9-7-5-3-1-2-4-6-8-10-16(22)18(11-13-19)12-14-20/h8,10,19-20H,1-7,9,11-14H2,(H2,17,21). The first-order chi connectivity index (χ1) is 10.6. The van der Waals surface area contributed by atoms with Gasteiger partial charge in [-0.3, -0.25) is 9.59 Å². The van der Waals surface area contributed by atoms with Crippen molar-refractivity contribution in [3.63, 3.8) is 0 Å². The van der Waals surface area contributed by atoms with Crippen molar-refractivity contribution >= 4 is 11.8 Å². The van der Waals surface area contributed by atoms with Crippen LogP contribution in [0.1, 0.15) is 51.4 Å². The van der Waals surface area contributed by atoms with Crippen molar-refractivity contribution in [1.82, 2.24) is 4.90 Å². The normalized spacial score (nSPS) is 11.0. The second kappa shape index (κ2) is 14.5. The van der Waals surface area contributed by atoms with Crippen molar-refractivity contribution in [2.45, 2.75) is 51.4 Å². The summed E-state index contributed by atoms with van der Waals surface area (Å²) in [6.45, 7) is 0.286. The molecule has 128 valence electrons. The summed E-state index contributed by atoms with van der Waals surface area (Å²) in [7, 11) is 0. The summed E-state index contributed by atoms with van der Waals surface area (Å²) in [5, 5.41) is 17.7. The van der Waals surface area contributed by atoms with Gasteiger partial charge in [0, 0.05) is 19.5 Å². The number of hydrogen-bond acceptors (Lipinski definition) is 4. The molecular weight excluding hydrogens is 284 g/mol. The number of allylic oxidation sites excluding steroid dienone is 1. The van der Waals surface area contributed by atoms with Crippen LogP contribution < -0.4 is 5.73 Å². The molecule has 4 N–H and O–H groups in total. The number of carbonyl (C=O) groups excluding carboxylic acids is 2. The summed E-state index contributed by atoms with van der Waals surface area (Å²) in [6.07, 6.45) is 10.9. The van der Waals surface area contributed by atoms with Crippen LogP contribution in [-0.2, 0) is 9.59 Å². The van der Waals surface area contributed by atoms with Crippen LogP contribution in [-0.4, -0.2) is 53.2 Å². The Hall–Kier alpha value is -1.40. The van der Waals surface area contributed by atoms with E-state index < -0.39 is 0 Å². The monoisotopic (exact) mass is 314 g/mol. The second-order valence-corrected chi connectivity index (χ2v) is 5.30. The summed E-state index contributed by atoms with van der Waals surface area (Å²) >= 11 is 0. The summed E-state index contributed by atoms with van der Waals surface area (Å²) in [4.78, 5) is 23.7. The quantitative estimate of drug-likeness (QED) is 0.328. The minimum atomic E-state index is -0.230. The van der Waals surface area contributed by atoms with E-state index in [1.165, 1.54) is 11.0 Å². The molecule has 0 unspecified atom stereocenters. The van der Waals surface area contributed by atoms with Crippen LogP contribution in [0, 0.1) is 0 Å². The van der Waals surface area contributed by atoms with Crippen molar-refractivity contribution in [2.75, 3.05) is 26.3 Å². The summed E-state index contributed by atoms with van der Waals surface area (Å²) in [5.41, 5.74) is 5.07. The number of aliphatic hydroxyl groups excluding tert-OH is 2. The van der Waals surface area contributed by atoms with Gasteiger partial charge in [-0.05, 0) is 25.3 Å². The van der Waals surface area contributed by atoms with E-state index in [9.17, 15) is 9.59 Å². The Kier molecular flexibility index (Phi) is 13.6. The maximum atomic E-state index is 11.8. The minimum Gasteiger partial charge on any atom is -0.395 e. The molecule has 22 heavy (non-hydrogen) atoms. The van der Waals surface area contributed by atoms with E-state index >= 15 is 0 Å². The second-order valence-electron chi connectivity index (χ2n) is 5.30. The topological polar surface area (TPSA) is 104 Å². The van der Waals surface area contributed by atoms with Gasteiger partial charge in [-0.15, -0.1) is 0 Å². The molecule has 0 fully saturated rings. The van der Waals surface area contributed by atoms with Gasteiger partial charge in [0.2, 0.25) is 11.8 Å². The molecule has 6 heteroatoms. The van der Waals surface area contributed by atoms with Gasteiger partial charge in [0.05, 0.1) is 13.2 Å². The first-order valence-electron chi connectivity index (χ1n) is 8.07. The molecule has 0 aromatic heterocycles. The van der Waals surface area contributed by atoms with Crippen LogP contribution in [0.2, 0.25) is 0 Å². The first-order valence-corrected chi connectivity index (χ1v) is 8.07. The van der Waals surface area contributed by atoms with Crippen LogP contribution in [0.15, 0.2) is 12.2 Å². The van der Waals surface area contributed by atoms with Crippen LogP contribution in [0.3, 0.4) is 0 Å². The number of nitrogens with two attached hydrogens (primary N) is 1. The van der Waals surface area contributed by atoms with E-state index in [2.05, 4.69) is 0 Å². The van der Waals surface area contributed by atoms with Crippen molar-refractivity contribution < 1.29 is 19.8 Å². The Balaban J connectivity index is 3.60. The van der Waals surface area contributed by atoms with E-state index in [4.69, 9.17) is 15.9 Å². The highest BCUT2D eigenvalue weighted by Crippen LogP contribution is 2.08. The highest BCUT2D eigenvalue weighted by Gasteiger charge is 2.08. The van der Waals surface area contributed by atoms with E-state index in [1.807, 2.05) is 6.08 Å². The highest BCUT2D eigenvalue weighted by atomic mass is 16.3. The fourth-order valence-corrected chi connectivity index (χ4v) is 2.13.